The standard InChI is InChI=1S/C11H21BrN2O/c1-8(2)10(12)11(15)13-7-9-5-4-6-14(9)3/h8-10H,4-7H2,1-3H3,(H,13,15). The molecule has 1 N–H and O–H groups in total. The van der Waals surface area contributed by atoms with E-state index in [9.17, 15) is 4.79 Å². The van der Waals surface area contributed by atoms with Gasteiger partial charge in [-0.05, 0) is 32.4 Å². The van der Waals surface area contributed by atoms with E-state index in [0.717, 1.165) is 13.1 Å². The van der Waals surface area contributed by atoms with E-state index in [-0.39, 0.29) is 10.7 Å². The van der Waals surface area contributed by atoms with Gasteiger partial charge in [-0.2, -0.15) is 0 Å². The Morgan fingerprint density at radius 3 is 2.73 bits per heavy atom. The summed E-state index contributed by atoms with van der Waals surface area (Å²) in [5.41, 5.74) is 0. The highest BCUT2D eigenvalue weighted by atomic mass is 79.9. The van der Waals surface area contributed by atoms with Crippen LogP contribution < -0.4 is 5.32 Å². The Morgan fingerprint density at radius 1 is 1.60 bits per heavy atom. The highest BCUT2D eigenvalue weighted by Crippen LogP contribution is 2.15. The number of halogens is 1. The topological polar surface area (TPSA) is 32.3 Å². The fraction of sp³-hybridized carbons (Fsp3) is 0.909. The highest BCUT2D eigenvalue weighted by Gasteiger charge is 2.23. The molecule has 1 fully saturated rings. The number of alkyl halides is 1. The van der Waals surface area contributed by atoms with Crippen LogP contribution in [0.3, 0.4) is 0 Å². The molecule has 0 aromatic heterocycles. The van der Waals surface area contributed by atoms with E-state index in [0.29, 0.717) is 12.0 Å². The second-order valence-corrected chi connectivity index (χ2v) is 5.65. The van der Waals surface area contributed by atoms with Crippen LogP contribution in [0.5, 0.6) is 0 Å². The zero-order valence-corrected chi connectivity index (χ0v) is 11.4. The van der Waals surface area contributed by atoms with Gasteiger partial charge in [0, 0.05) is 12.6 Å². The van der Waals surface area contributed by atoms with Crippen molar-refractivity contribution in [3.8, 4) is 0 Å². The molecule has 0 saturated carbocycles. The van der Waals surface area contributed by atoms with E-state index in [1.165, 1.54) is 12.8 Å². The average molecular weight is 277 g/mol. The summed E-state index contributed by atoms with van der Waals surface area (Å²) < 4.78 is 0. The zero-order chi connectivity index (χ0) is 11.4. The first-order valence-corrected chi connectivity index (χ1v) is 6.56. The van der Waals surface area contributed by atoms with Crippen LogP contribution >= 0.6 is 15.9 Å². The van der Waals surface area contributed by atoms with E-state index in [1.54, 1.807) is 0 Å². The molecule has 15 heavy (non-hydrogen) atoms. The van der Waals surface area contributed by atoms with E-state index in [2.05, 4.69) is 33.2 Å². The molecule has 1 amide bonds. The van der Waals surface area contributed by atoms with Gasteiger partial charge in [-0.3, -0.25) is 4.79 Å². The van der Waals surface area contributed by atoms with Gasteiger partial charge >= 0.3 is 0 Å². The molecule has 1 rings (SSSR count). The van der Waals surface area contributed by atoms with E-state index < -0.39 is 0 Å². The first kappa shape index (κ1) is 13.0. The van der Waals surface area contributed by atoms with Crippen molar-refractivity contribution >= 4 is 21.8 Å². The molecular formula is C11H21BrN2O. The van der Waals surface area contributed by atoms with E-state index in [1.807, 2.05) is 13.8 Å². The highest BCUT2D eigenvalue weighted by molar-refractivity contribution is 9.10. The lowest BCUT2D eigenvalue weighted by atomic mass is 10.1. The summed E-state index contributed by atoms with van der Waals surface area (Å²) in [4.78, 5) is 13.9. The molecule has 1 saturated heterocycles. The van der Waals surface area contributed by atoms with Crippen LogP contribution in [0.2, 0.25) is 0 Å². The van der Waals surface area contributed by atoms with Gasteiger partial charge in [0.25, 0.3) is 0 Å². The molecule has 0 spiro atoms. The molecule has 4 heteroatoms. The minimum Gasteiger partial charge on any atom is -0.354 e. The summed E-state index contributed by atoms with van der Waals surface area (Å²) in [6, 6.07) is 0.529. The Kier molecular flexibility index (Phi) is 5.06. The van der Waals surface area contributed by atoms with Crippen LogP contribution in [0.15, 0.2) is 0 Å². The third-order valence-corrected chi connectivity index (χ3v) is 4.49. The number of carbonyl (C=O) groups excluding carboxylic acids is 1. The normalized spacial score (nSPS) is 24.5. The van der Waals surface area contributed by atoms with Gasteiger partial charge in [-0.15, -0.1) is 0 Å². The Morgan fingerprint density at radius 2 is 2.27 bits per heavy atom. The van der Waals surface area contributed by atoms with Gasteiger partial charge in [0.2, 0.25) is 5.91 Å². The minimum atomic E-state index is -0.0655. The van der Waals surface area contributed by atoms with Gasteiger partial charge in [-0.1, -0.05) is 29.8 Å². The van der Waals surface area contributed by atoms with Crippen LogP contribution in [0.25, 0.3) is 0 Å². The van der Waals surface area contributed by atoms with Gasteiger partial charge in [0.15, 0.2) is 0 Å². The molecule has 1 aliphatic heterocycles. The maximum absolute atomic E-state index is 11.7. The van der Waals surface area contributed by atoms with Gasteiger partial charge in [0.1, 0.15) is 0 Å². The molecule has 3 nitrogen and oxygen atoms in total. The Balaban J connectivity index is 2.27. The maximum Gasteiger partial charge on any atom is 0.234 e. The van der Waals surface area contributed by atoms with Crippen molar-refractivity contribution in [2.45, 2.75) is 37.6 Å². The number of hydrogen-bond acceptors (Lipinski definition) is 2. The van der Waals surface area contributed by atoms with Crippen molar-refractivity contribution in [3.63, 3.8) is 0 Å². The predicted molar refractivity (Wildman–Crippen MR) is 66.2 cm³/mol. The number of hydrogen-bond donors (Lipinski definition) is 1. The molecule has 0 aliphatic carbocycles. The Hall–Kier alpha value is -0.0900. The number of rotatable bonds is 4. The quantitative estimate of drug-likeness (QED) is 0.792. The summed E-state index contributed by atoms with van der Waals surface area (Å²) >= 11 is 3.41. The van der Waals surface area contributed by atoms with Crippen molar-refractivity contribution in [1.29, 1.82) is 0 Å². The smallest absolute Gasteiger partial charge is 0.234 e. The van der Waals surface area contributed by atoms with E-state index in [4.69, 9.17) is 0 Å². The monoisotopic (exact) mass is 276 g/mol. The van der Waals surface area contributed by atoms with E-state index >= 15 is 0 Å². The first-order valence-electron chi connectivity index (χ1n) is 5.64. The van der Waals surface area contributed by atoms with Crippen molar-refractivity contribution in [1.82, 2.24) is 10.2 Å². The molecule has 2 atom stereocenters. The Bertz CT molecular complexity index is 221. The van der Waals surface area contributed by atoms with Crippen molar-refractivity contribution in [2.75, 3.05) is 20.1 Å². The number of nitrogens with zero attached hydrogens (tertiary/aromatic N) is 1. The third-order valence-electron chi connectivity index (χ3n) is 3.02. The third kappa shape index (κ3) is 3.76. The van der Waals surface area contributed by atoms with Crippen LogP contribution in [-0.4, -0.2) is 41.8 Å². The lowest BCUT2D eigenvalue weighted by Gasteiger charge is -2.21. The lowest BCUT2D eigenvalue weighted by molar-refractivity contribution is -0.121. The van der Waals surface area contributed by atoms with Crippen molar-refractivity contribution < 1.29 is 4.79 Å². The zero-order valence-electron chi connectivity index (χ0n) is 9.79. The molecule has 1 aliphatic rings. The molecule has 0 radical (unpaired) electrons. The number of likely N-dealkylation sites (N-methyl/N-ethyl adjacent to an activating group) is 1. The maximum atomic E-state index is 11.7. The SMILES string of the molecule is CC(C)C(Br)C(=O)NCC1CCCN1C. The molecule has 1 heterocycles. The summed E-state index contributed by atoms with van der Waals surface area (Å²) in [5.74, 6) is 0.455. The number of likely N-dealkylation sites (tertiary alicyclic amines) is 1. The fourth-order valence-electron chi connectivity index (χ4n) is 1.86. The second-order valence-electron chi connectivity index (χ2n) is 4.67. The number of amides is 1. The van der Waals surface area contributed by atoms with Crippen molar-refractivity contribution in [2.24, 2.45) is 5.92 Å². The van der Waals surface area contributed by atoms with Crippen LogP contribution in [-0.2, 0) is 4.79 Å². The molecular weight excluding hydrogens is 256 g/mol. The number of carbonyl (C=O) groups is 1. The first-order chi connectivity index (χ1) is 7.02. The molecule has 88 valence electrons. The summed E-state index contributed by atoms with van der Waals surface area (Å²) in [6.07, 6.45) is 2.45. The van der Waals surface area contributed by atoms with Gasteiger partial charge in [-0.25, -0.2) is 0 Å². The van der Waals surface area contributed by atoms with Gasteiger partial charge in [0.05, 0.1) is 4.83 Å². The summed E-state index contributed by atoms with van der Waals surface area (Å²) in [7, 11) is 2.12. The molecule has 0 aromatic rings. The summed E-state index contributed by atoms with van der Waals surface area (Å²) in [5, 5.41) is 3.01. The second kappa shape index (κ2) is 5.85. The average Bonchev–Trinajstić information content (AvgIpc) is 2.59. The molecule has 2 unspecified atom stereocenters. The van der Waals surface area contributed by atoms with Crippen molar-refractivity contribution in [3.05, 3.63) is 0 Å². The lowest BCUT2D eigenvalue weighted by Crippen LogP contribution is -2.42. The fourth-order valence-corrected chi connectivity index (χ4v) is 2.02. The minimum absolute atomic E-state index is 0.0655. The summed E-state index contributed by atoms with van der Waals surface area (Å²) in [6.45, 7) is 6.02. The largest absolute Gasteiger partial charge is 0.354 e. The van der Waals surface area contributed by atoms with Gasteiger partial charge < -0.3 is 10.2 Å². The predicted octanol–water partition coefficient (Wildman–Crippen LogP) is 1.62. The number of nitrogens with one attached hydrogen (secondary N) is 1. The molecule has 0 aromatic carbocycles. The Labute approximate surface area is 101 Å². The van der Waals surface area contributed by atoms with Crippen LogP contribution in [0.1, 0.15) is 26.7 Å². The van der Waals surface area contributed by atoms with Crippen LogP contribution in [0.4, 0.5) is 0 Å². The van der Waals surface area contributed by atoms with Crippen LogP contribution in [0, 0.1) is 5.92 Å². The molecule has 0 bridgehead atoms.